The summed E-state index contributed by atoms with van der Waals surface area (Å²) in [5.74, 6) is 1.32. The molecule has 0 aromatic carbocycles. The molecule has 3 fully saturated rings. The second-order valence-electron chi connectivity index (χ2n) is 6.74. The van der Waals surface area contributed by atoms with Gasteiger partial charge in [0.25, 0.3) is 0 Å². The Bertz CT molecular complexity index is 365. The van der Waals surface area contributed by atoms with E-state index in [0.29, 0.717) is 23.8 Å². The van der Waals surface area contributed by atoms with Crippen molar-refractivity contribution in [2.45, 2.75) is 64.3 Å². The third-order valence-electron chi connectivity index (χ3n) is 4.99. The molecule has 19 heavy (non-hydrogen) atoms. The molecule has 1 spiro atoms. The molecule has 4 heteroatoms. The topological polar surface area (TPSA) is 41.6 Å². The summed E-state index contributed by atoms with van der Waals surface area (Å²) in [5.41, 5.74) is -0.184. The van der Waals surface area contributed by atoms with Crippen LogP contribution in [0.5, 0.6) is 0 Å². The van der Waals surface area contributed by atoms with Gasteiger partial charge in [0, 0.05) is 19.1 Å². The van der Waals surface area contributed by atoms with Crippen LogP contribution in [0.15, 0.2) is 0 Å². The first-order chi connectivity index (χ1) is 9.07. The van der Waals surface area contributed by atoms with Crippen molar-refractivity contribution in [1.82, 2.24) is 10.2 Å². The lowest BCUT2D eigenvalue weighted by molar-refractivity contribution is -0.132. The molecule has 3 rings (SSSR count). The fourth-order valence-corrected chi connectivity index (χ4v) is 3.64. The number of carbonyl (C=O) groups excluding carboxylic acids is 1. The molecule has 3 unspecified atom stereocenters. The van der Waals surface area contributed by atoms with Gasteiger partial charge < -0.3 is 9.64 Å². The molecule has 3 aliphatic rings. The van der Waals surface area contributed by atoms with Gasteiger partial charge in [-0.1, -0.05) is 20.8 Å². The number of nitrogens with zero attached hydrogens (tertiary/aromatic N) is 1. The first-order valence-electron chi connectivity index (χ1n) is 7.78. The minimum atomic E-state index is -0.184. The molecule has 0 aromatic rings. The Morgan fingerprint density at radius 2 is 2.21 bits per heavy atom. The fraction of sp³-hybridized carbons (Fsp3) is 0.933. The normalized spacial score (nSPS) is 36.7. The van der Waals surface area contributed by atoms with Gasteiger partial charge in [-0.2, -0.15) is 0 Å². The van der Waals surface area contributed by atoms with Crippen molar-refractivity contribution < 1.29 is 9.53 Å². The summed E-state index contributed by atoms with van der Waals surface area (Å²) in [6.45, 7) is 8.30. The van der Waals surface area contributed by atoms with Crippen LogP contribution in [0, 0.1) is 11.8 Å². The average Bonchev–Trinajstić information content (AvgIpc) is 2.94. The van der Waals surface area contributed by atoms with Crippen molar-refractivity contribution in [2.24, 2.45) is 11.8 Å². The van der Waals surface area contributed by atoms with E-state index in [1.54, 1.807) is 0 Å². The number of carbonyl (C=O) groups is 1. The molecule has 0 aromatic heterocycles. The Labute approximate surface area is 115 Å². The molecule has 0 bridgehead atoms. The van der Waals surface area contributed by atoms with E-state index in [4.69, 9.17) is 4.74 Å². The molecule has 4 nitrogen and oxygen atoms in total. The summed E-state index contributed by atoms with van der Waals surface area (Å²) in [5, 5.41) is 3.58. The Morgan fingerprint density at radius 3 is 2.79 bits per heavy atom. The van der Waals surface area contributed by atoms with Crippen molar-refractivity contribution >= 4 is 5.91 Å². The molecule has 1 aliphatic carbocycles. The number of ether oxygens (including phenoxy) is 1. The largest absolute Gasteiger partial charge is 0.378 e. The molecule has 108 valence electrons. The van der Waals surface area contributed by atoms with Crippen LogP contribution in [0.3, 0.4) is 0 Å². The second-order valence-corrected chi connectivity index (χ2v) is 6.74. The van der Waals surface area contributed by atoms with Crippen LogP contribution < -0.4 is 5.32 Å². The van der Waals surface area contributed by atoms with E-state index in [9.17, 15) is 4.79 Å². The van der Waals surface area contributed by atoms with E-state index in [2.05, 4.69) is 31.0 Å². The summed E-state index contributed by atoms with van der Waals surface area (Å²) < 4.78 is 5.77. The van der Waals surface area contributed by atoms with E-state index in [1.165, 1.54) is 0 Å². The van der Waals surface area contributed by atoms with Gasteiger partial charge >= 0.3 is 0 Å². The molecule has 2 saturated heterocycles. The van der Waals surface area contributed by atoms with Crippen LogP contribution in [0.4, 0.5) is 0 Å². The zero-order chi connectivity index (χ0) is 13.6. The van der Waals surface area contributed by atoms with Crippen LogP contribution >= 0.6 is 0 Å². The Morgan fingerprint density at radius 1 is 1.47 bits per heavy atom. The van der Waals surface area contributed by atoms with Gasteiger partial charge in [0.15, 0.2) is 0 Å². The van der Waals surface area contributed by atoms with Crippen LogP contribution in [0.1, 0.15) is 46.5 Å². The molecular weight excluding hydrogens is 240 g/mol. The monoisotopic (exact) mass is 266 g/mol. The van der Waals surface area contributed by atoms with E-state index >= 15 is 0 Å². The third-order valence-corrected chi connectivity index (χ3v) is 4.99. The maximum Gasteiger partial charge on any atom is 0.244 e. The SMILES string of the molecule is CCC1OCCC1CN1C(=O)C2(CC2)NC1C(C)C. The molecule has 1 amide bonds. The fourth-order valence-electron chi connectivity index (χ4n) is 3.64. The van der Waals surface area contributed by atoms with E-state index < -0.39 is 0 Å². The molecule has 1 N–H and O–H groups in total. The van der Waals surface area contributed by atoms with Crippen molar-refractivity contribution in [3.05, 3.63) is 0 Å². The predicted octanol–water partition coefficient (Wildman–Crippen LogP) is 1.75. The summed E-state index contributed by atoms with van der Waals surface area (Å²) in [4.78, 5) is 14.7. The Hall–Kier alpha value is -0.610. The maximum absolute atomic E-state index is 12.6. The number of rotatable bonds is 4. The number of amides is 1. The molecule has 2 heterocycles. The molecule has 1 saturated carbocycles. The van der Waals surface area contributed by atoms with Gasteiger partial charge in [-0.3, -0.25) is 10.1 Å². The highest BCUT2D eigenvalue weighted by Gasteiger charge is 2.59. The lowest BCUT2D eigenvalue weighted by Crippen LogP contribution is -2.44. The lowest BCUT2D eigenvalue weighted by atomic mass is 9.98. The lowest BCUT2D eigenvalue weighted by Gasteiger charge is -2.30. The highest BCUT2D eigenvalue weighted by Crippen LogP contribution is 2.44. The van der Waals surface area contributed by atoms with Crippen molar-refractivity contribution in [1.29, 1.82) is 0 Å². The maximum atomic E-state index is 12.6. The van der Waals surface area contributed by atoms with Gasteiger partial charge in [0.1, 0.15) is 0 Å². The highest BCUT2D eigenvalue weighted by molar-refractivity contribution is 5.91. The quantitative estimate of drug-likeness (QED) is 0.843. The smallest absolute Gasteiger partial charge is 0.244 e. The van der Waals surface area contributed by atoms with Crippen LogP contribution in [0.2, 0.25) is 0 Å². The zero-order valence-electron chi connectivity index (χ0n) is 12.3. The van der Waals surface area contributed by atoms with E-state index in [1.807, 2.05) is 0 Å². The third kappa shape index (κ3) is 2.19. The first kappa shape index (κ1) is 13.4. The molecule has 3 atom stereocenters. The Kier molecular flexibility index (Phi) is 3.34. The van der Waals surface area contributed by atoms with Gasteiger partial charge in [0.05, 0.1) is 17.8 Å². The number of hydrogen-bond donors (Lipinski definition) is 1. The standard InChI is InChI=1S/C15H26N2O2/c1-4-12-11(5-8-19-12)9-17-13(10(2)3)16-15(6-7-15)14(17)18/h10-13,16H,4-9H2,1-3H3. The minimum absolute atomic E-state index is 0.184. The van der Waals surface area contributed by atoms with Gasteiger partial charge in [0.2, 0.25) is 5.91 Å². The first-order valence-corrected chi connectivity index (χ1v) is 7.78. The number of nitrogens with one attached hydrogen (secondary N) is 1. The molecular formula is C15H26N2O2. The summed E-state index contributed by atoms with van der Waals surface area (Å²) in [7, 11) is 0. The number of hydrogen-bond acceptors (Lipinski definition) is 3. The molecule has 2 aliphatic heterocycles. The Balaban J connectivity index is 1.72. The van der Waals surface area contributed by atoms with Crippen molar-refractivity contribution in [3.63, 3.8) is 0 Å². The van der Waals surface area contributed by atoms with E-state index in [0.717, 1.165) is 38.8 Å². The van der Waals surface area contributed by atoms with Gasteiger partial charge in [-0.25, -0.2) is 0 Å². The molecule has 0 radical (unpaired) electrons. The van der Waals surface area contributed by atoms with Crippen molar-refractivity contribution in [2.75, 3.05) is 13.2 Å². The van der Waals surface area contributed by atoms with Crippen LogP contribution in [0.25, 0.3) is 0 Å². The van der Waals surface area contributed by atoms with E-state index in [-0.39, 0.29) is 11.7 Å². The van der Waals surface area contributed by atoms with Crippen LogP contribution in [-0.2, 0) is 9.53 Å². The summed E-state index contributed by atoms with van der Waals surface area (Å²) in [6, 6.07) is 0. The summed E-state index contributed by atoms with van der Waals surface area (Å²) >= 11 is 0. The van der Waals surface area contributed by atoms with Gasteiger partial charge in [-0.05, 0) is 31.6 Å². The minimum Gasteiger partial charge on any atom is -0.378 e. The summed E-state index contributed by atoms with van der Waals surface area (Å²) in [6.07, 6.45) is 4.75. The van der Waals surface area contributed by atoms with Gasteiger partial charge in [-0.15, -0.1) is 0 Å². The highest BCUT2D eigenvalue weighted by atomic mass is 16.5. The van der Waals surface area contributed by atoms with Crippen molar-refractivity contribution in [3.8, 4) is 0 Å². The zero-order valence-corrected chi connectivity index (χ0v) is 12.3. The average molecular weight is 266 g/mol. The van der Waals surface area contributed by atoms with Crippen LogP contribution in [-0.4, -0.2) is 41.8 Å². The second kappa shape index (κ2) is 4.74. The predicted molar refractivity (Wildman–Crippen MR) is 73.6 cm³/mol.